The molecule has 0 aromatic heterocycles. The highest BCUT2D eigenvalue weighted by Gasteiger charge is 2.15. The molecule has 0 radical (unpaired) electrons. The number of hydrogen-bond acceptors (Lipinski definition) is 2. The molecule has 0 saturated carbocycles. The average Bonchev–Trinajstić information content (AvgIpc) is 2.42. The van der Waals surface area contributed by atoms with E-state index in [2.05, 4.69) is 15.9 Å². The van der Waals surface area contributed by atoms with Gasteiger partial charge in [0.2, 0.25) is 0 Å². The van der Waals surface area contributed by atoms with Crippen LogP contribution in [0.15, 0.2) is 53.0 Å². The molecule has 0 aliphatic heterocycles. The minimum Gasteiger partial charge on any atom is -0.398 e. The molecule has 2 aromatic rings. The van der Waals surface area contributed by atoms with Crippen molar-refractivity contribution in [1.82, 2.24) is 4.90 Å². The molecule has 0 fully saturated rings. The van der Waals surface area contributed by atoms with Crippen LogP contribution in [0.25, 0.3) is 0 Å². The van der Waals surface area contributed by atoms with E-state index >= 15 is 0 Å². The maximum Gasteiger partial charge on any atom is 0.256 e. The fourth-order valence-corrected chi connectivity index (χ4v) is 2.21. The van der Waals surface area contributed by atoms with Gasteiger partial charge in [0, 0.05) is 23.8 Å². The van der Waals surface area contributed by atoms with Gasteiger partial charge >= 0.3 is 0 Å². The zero-order valence-electron chi connectivity index (χ0n) is 10.6. The first-order valence-electron chi connectivity index (χ1n) is 5.92. The predicted molar refractivity (Wildman–Crippen MR) is 80.8 cm³/mol. The zero-order chi connectivity index (χ0) is 13.8. The molecule has 0 aliphatic carbocycles. The first kappa shape index (κ1) is 13.6. The Morgan fingerprint density at radius 2 is 1.89 bits per heavy atom. The second kappa shape index (κ2) is 5.89. The predicted octanol–water partition coefficient (Wildman–Crippen LogP) is 3.30. The number of amides is 1. The maximum atomic E-state index is 12.3. The van der Waals surface area contributed by atoms with Crippen LogP contribution in [-0.2, 0) is 6.54 Å². The van der Waals surface area contributed by atoms with Crippen LogP contribution in [0.1, 0.15) is 15.9 Å². The number of halogens is 1. The second-order valence-electron chi connectivity index (χ2n) is 4.38. The van der Waals surface area contributed by atoms with Crippen LogP contribution >= 0.6 is 15.9 Å². The van der Waals surface area contributed by atoms with Gasteiger partial charge in [-0.25, -0.2) is 0 Å². The van der Waals surface area contributed by atoms with Crippen molar-refractivity contribution in [1.29, 1.82) is 0 Å². The van der Waals surface area contributed by atoms with Crippen molar-refractivity contribution in [2.45, 2.75) is 6.54 Å². The van der Waals surface area contributed by atoms with Gasteiger partial charge in [0.1, 0.15) is 0 Å². The molecule has 0 unspecified atom stereocenters. The van der Waals surface area contributed by atoms with Crippen molar-refractivity contribution in [3.8, 4) is 0 Å². The molecule has 0 aliphatic rings. The third kappa shape index (κ3) is 3.35. The van der Waals surface area contributed by atoms with Crippen LogP contribution < -0.4 is 5.73 Å². The van der Waals surface area contributed by atoms with E-state index in [1.807, 2.05) is 36.4 Å². The molecule has 3 nitrogen and oxygen atoms in total. The smallest absolute Gasteiger partial charge is 0.256 e. The average molecular weight is 319 g/mol. The quantitative estimate of drug-likeness (QED) is 0.882. The highest BCUT2D eigenvalue weighted by atomic mass is 79.9. The Morgan fingerprint density at radius 1 is 1.21 bits per heavy atom. The number of nitrogens with two attached hydrogens (primary N) is 1. The summed E-state index contributed by atoms with van der Waals surface area (Å²) in [5.74, 6) is -0.0809. The van der Waals surface area contributed by atoms with E-state index in [1.165, 1.54) is 0 Å². The molecule has 19 heavy (non-hydrogen) atoms. The maximum absolute atomic E-state index is 12.3. The summed E-state index contributed by atoms with van der Waals surface area (Å²) in [6.07, 6.45) is 0. The Morgan fingerprint density at radius 3 is 2.58 bits per heavy atom. The molecule has 2 N–H and O–H groups in total. The van der Waals surface area contributed by atoms with E-state index in [0.717, 1.165) is 10.0 Å². The lowest BCUT2D eigenvalue weighted by atomic mass is 10.1. The van der Waals surface area contributed by atoms with Gasteiger partial charge in [0.15, 0.2) is 0 Å². The first-order valence-corrected chi connectivity index (χ1v) is 6.71. The van der Waals surface area contributed by atoms with E-state index in [1.54, 1.807) is 24.1 Å². The minimum atomic E-state index is -0.0809. The molecule has 0 bridgehead atoms. The Bertz CT molecular complexity index is 584. The van der Waals surface area contributed by atoms with Gasteiger partial charge < -0.3 is 10.6 Å². The fraction of sp³-hybridized carbons (Fsp3) is 0.133. The van der Waals surface area contributed by atoms with Gasteiger partial charge in [0.25, 0.3) is 5.91 Å². The monoisotopic (exact) mass is 318 g/mol. The number of carbonyl (C=O) groups is 1. The summed E-state index contributed by atoms with van der Waals surface area (Å²) in [6.45, 7) is 0.561. The number of carbonyl (C=O) groups excluding carboxylic acids is 1. The molecule has 0 heterocycles. The summed E-state index contributed by atoms with van der Waals surface area (Å²) in [6, 6.07) is 15.2. The molecule has 0 spiro atoms. The Labute approximate surface area is 121 Å². The van der Waals surface area contributed by atoms with Crippen LogP contribution in [0.2, 0.25) is 0 Å². The van der Waals surface area contributed by atoms with E-state index in [4.69, 9.17) is 5.73 Å². The molecule has 2 rings (SSSR count). The fourth-order valence-electron chi connectivity index (χ4n) is 1.85. The van der Waals surface area contributed by atoms with Gasteiger partial charge in [-0.15, -0.1) is 0 Å². The van der Waals surface area contributed by atoms with E-state index in [-0.39, 0.29) is 5.91 Å². The van der Waals surface area contributed by atoms with E-state index in [0.29, 0.717) is 17.8 Å². The Hall–Kier alpha value is -1.81. The van der Waals surface area contributed by atoms with E-state index < -0.39 is 0 Å². The number of nitrogen functional groups attached to an aromatic ring is 1. The summed E-state index contributed by atoms with van der Waals surface area (Å²) in [5, 5.41) is 0. The molecule has 98 valence electrons. The summed E-state index contributed by atoms with van der Waals surface area (Å²) >= 11 is 3.35. The molecule has 1 amide bonds. The number of rotatable bonds is 3. The lowest BCUT2D eigenvalue weighted by molar-refractivity contribution is 0.0786. The number of nitrogens with zero attached hydrogens (tertiary/aromatic N) is 1. The van der Waals surface area contributed by atoms with Crippen LogP contribution in [0.4, 0.5) is 5.69 Å². The highest BCUT2D eigenvalue weighted by molar-refractivity contribution is 9.10. The normalized spacial score (nSPS) is 10.2. The Kier molecular flexibility index (Phi) is 4.22. The first-order chi connectivity index (χ1) is 9.08. The lowest BCUT2D eigenvalue weighted by Crippen LogP contribution is -2.27. The molecule has 0 atom stereocenters. The summed E-state index contributed by atoms with van der Waals surface area (Å²) < 4.78 is 0.846. The van der Waals surface area contributed by atoms with Gasteiger partial charge in [-0.05, 0) is 23.8 Å². The zero-order valence-corrected chi connectivity index (χ0v) is 12.2. The highest BCUT2D eigenvalue weighted by Crippen LogP contribution is 2.20. The van der Waals surface area contributed by atoms with Crippen molar-refractivity contribution in [2.24, 2.45) is 0 Å². The van der Waals surface area contributed by atoms with Crippen molar-refractivity contribution in [3.63, 3.8) is 0 Å². The van der Waals surface area contributed by atoms with Crippen LogP contribution in [0, 0.1) is 0 Å². The number of hydrogen-bond donors (Lipinski definition) is 1. The summed E-state index contributed by atoms with van der Waals surface area (Å²) in [7, 11) is 1.77. The number of benzene rings is 2. The molecular weight excluding hydrogens is 304 g/mol. The SMILES string of the molecule is CN(Cc1ccccc1)C(=O)c1cc(Br)ccc1N. The van der Waals surface area contributed by atoms with Crippen molar-refractivity contribution < 1.29 is 4.79 Å². The largest absolute Gasteiger partial charge is 0.398 e. The third-order valence-electron chi connectivity index (χ3n) is 2.86. The molecule has 0 saturated heterocycles. The number of anilines is 1. The standard InChI is InChI=1S/C15H15BrN2O/c1-18(10-11-5-3-2-4-6-11)15(19)13-9-12(16)7-8-14(13)17/h2-9H,10,17H2,1H3. The molecule has 2 aromatic carbocycles. The van der Waals surface area contributed by atoms with Crippen molar-refractivity contribution >= 4 is 27.5 Å². The van der Waals surface area contributed by atoms with Gasteiger partial charge in [-0.3, -0.25) is 4.79 Å². The van der Waals surface area contributed by atoms with Crippen molar-refractivity contribution in [3.05, 3.63) is 64.1 Å². The van der Waals surface area contributed by atoms with Gasteiger partial charge in [-0.1, -0.05) is 46.3 Å². The van der Waals surface area contributed by atoms with Crippen LogP contribution in [0.3, 0.4) is 0 Å². The summed E-state index contributed by atoms with van der Waals surface area (Å²) in [5.41, 5.74) is 7.96. The van der Waals surface area contributed by atoms with E-state index in [9.17, 15) is 4.79 Å². The second-order valence-corrected chi connectivity index (χ2v) is 5.29. The summed E-state index contributed by atoms with van der Waals surface area (Å²) in [4.78, 5) is 14.0. The Balaban J connectivity index is 2.17. The topological polar surface area (TPSA) is 46.3 Å². The molecule has 4 heteroatoms. The van der Waals surface area contributed by atoms with Gasteiger partial charge in [-0.2, -0.15) is 0 Å². The molecular formula is C15H15BrN2O. The van der Waals surface area contributed by atoms with Crippen molar-refractivity contribution in [2.75, 3.05) is 12.8 Å². The van der Waals surface area contributed by atoms with Crippen LogP contribution in [-0.4, -0.2) is 17.9 Å². The minimum absolute atomic E-state index is 0.0809. The van der Waals surface area contributed by atoms with Gasteiger partial charge in [0.05, 0.1) is 5.56 Å². The lowest BCUT2D eigenvalue weighted by Gasteiger charge is -2.18. The third-order valence-corrected chi connectivity index (χ3v) is 3.35. The van der Waals surface area contributed by atoms with Crippen LogP contribution in [0.5, 0.6) is 0 Å².